The highest BCUT2D eigenvalue weighted by molar-refractivity contribution is 6.00. The first kappa shape index (κ1) is 25.5. The van der Waals surface area contributed by atoms with Crippen LogP contribution in [0.3, 0.4) is 0 Å². The summed E-state index contributed by atoms with van der Waals surface area (Å²) >= 11 is 0. The zero-order valence-electron chi connectivity index (χ0n) is 20.4. The molecule has 2 aromatic carbocycles. The van der Waals surface area contributed by atoms with Crippen molar-refractivity contribution in [3.63, 3.8) is 0 Å². The molecule has 1 amide bonds. The number of carbonyl (C=O) groups excluding carboxylic acids is 3. The number of ether oxygens (including phenoxy) is 2. The summed E-state index contributed by atoms with van der Waals surface area (Å²) in [5, 5.41) is 2.55. The highest BCUT2D eigenvalue weighted by Gasteiger charge is 2.20. The minimum atomic E-state index is -0.902. The summed E-state index contributed by atoms with van der Waals surface area (Å²) in [4.78, 5) is 37.2. The van der Waals surface area contributed by atoms with E-state index in [1.54, 1.807) is 25.3 Å². The molecule has 7 nitrogen and oxygen atoms in total. The average molecular weight is 475 g/mol. The van der Waals surface area contributed by atoms with Crippen molar-refractivity contribution >= 4 is 23.7 Å². The maximum Gasteiger partial charge on any atom is 0.328 e. The minimum Gasteiger partial charge on any atom is -0.497 e. The fraction of sp³-hybridized carbons (Fsp3) is 0.250. The highest BCUT2D eigenvalue weighted by atomic mass is 16.5. The molecule has 3 aromatic rings. The Hall–Kier alpha value is -4.13. The Labute approximate surface area is 205 Å². The quantitative estimate of drug-likeness (QED) is 0.272. The van der Waals surface area contributed by atoms with E-state index in [1.165, 1.54) is 13.0 Å². The Morgan fingerprint density at radius 1 is 1.03 bits per heavy atom. The summed E-state index contributed by atoms with van der Waals surface area (Å²) in [7, 11) is 1.58. The van der Waals surface area contributed by atoms with E-state index in [9.17, 15) is 14.4 Å². The fourth-order valence-electron chi connectivity index (χ4n) is 3.64. The van der Waals surface area contributed by atoms with Crippen LogP contribution < -0.4 is 10.1 Å². The van der Waals surface area contributed by atoms with E-state index >= 15 is 0 Å². The van der Waals surface area contributed by atoms with Crippen molar-refractivity contribution in [1.29, 1.82) is 0 Å². The van der Waals surface area contributed by atoms with Crippen molar-refractivity contribution in [2.45, 2.75) is 33.4 Å². The van der Waals surface area contributed by atoms with Crippen molar-refractivity contribution in [1.82, 2.24) is 9.88 Å². The third-order valence-corrected chi connectivity index (χ3v) is 5.66. The van der Waals surface area contributed by atoms with Crippen LogP contribution in [0.15, 0.2) is 66.7 Å². The molecule has 0 fully saturated rings. The van der Waals surface area contributed by atoms with Crippen molar-refractivity contribution in [2.75, 3.05) is 13.7 Å². The third-order valence-electron chi connectivity index (χ3n) is 5.66. The highest BCUT2D eigenvalue weighted by Crippen LogP contribution is 2.18. The Morgan fingerprint density at radius 3 is 2.37 bits per heavy atom. The molecule has 0 radical (unpaired) electrons. The van der Waals surface area contributed by atoms with Crippen LogP contribution >= 0.6 is 0 Å². The SMILES string of the molecule is COc1ccc(/C=C/C(=O)N[C@@H](C)C(=O)OCC(=O)c2cc(C)n(Cc3ccccc3)c2C)cc1. The van der Waals surface area contributed by atoms with Gasteiger partial charge in [-0.15, -0.1) is 0 Å². The molecule has 0 bridgehead atoms. The number of carbonyl (C=O) groups is 3. The largest absolute Gasteiger partial charge is 0.497 e. The van der Waals surface area contributed by atoms with Crippen molar-refractivity contribution in [3.05, 3.63) is 94.8 Å². The number of hydrogen-bond donors (Lipinski definition) is 1. The second-order valence-corrected chi connectivity index (χ2v) is 8.22. The molecule has 3 rings (SSSR count). The Balaban J connectivity index is 1.52. The van der Waals surface area contributed by atoms with Crippen LogP contribution in [-0.4, -0.2) is 42.0 Å². The third kappa shape index (κ3) is 6.93. The lowest BCUT2D eigenvalue weighted by molar-refractivity contribution is -0.145. The molecule has 0 aliphatic heterocycles. The van der Waals surface area contributed by atoms with E-state index in [2.05, 4.69) is 9.88 Å². The molecule has 0 saturated heterocycles. The van der Waals surface area contributed by atoms with Gasteiger partial charge in [0.25, 0.3) is 0 Å². The maximum atomic E-state index is 12.7. The van der Waals surface area contributed by atoms with Crippen LogP contribution in [0.2, 0.25) is 0 Å². The summed E-state index contributed by atoms with van der Waals surface area (Å²) in [5.74, 6) is -0.692. The van der Waals surface area contributed by atoms with Crippen LogP contribution in [0.1, 0.15) is 39.8 Å². The van der Waals surface area contributed by atoms with Gasteiger partial charge >= 0.3 is 5.97 Å². The number of ketones is 1. The molecule has 1 N–H and O–H groups in total. The molecule has 35 heavy (non-hydrogen) atoms. The second-order valence-electron chi connectivity index (χ2n) is 8.22. The summed E-state index contributed by atoms with van der Waals surface area (Å²) < 4.78 is 12.3. The number of amides is 1. The maximum absolute atomic E-state index is 12.7. The summed E-state index contributed by atoms with van der Waals surface area (Å²) in [5.41, 5.74) is 4.23. The van der Waals surface area contributed by atoms with Gasteiger partial charge in [0.05, 0.1) is 7.11 Å². The van der Waals surface area contributed by atoms with Gasteiger partial charge in [-0.3, -0.25) is 9.59 Å². The van der Waals surface area contributed by atoms with Gasteiger partial charge < -0.3 is 19.4 Å². The molecule has 7 heteroatoms. The second kappa shape index (κ2) is 11.8. The average Bonchev–Trinajstić information content (AvgIpc) is 3.15. The molecule has 1 heterocycles. The van der Waals surface area contributed by atoms with E-state index in [0.717, 1.165) is 28.3 Å². The number of rotatable bonds is 10. The van der Waals surface area contributed by atoms with Gasteiger partial charge in [0.1, 0.15) is 11.8 Å². The molecule has 1 atom stereocenters. The molecule has 0 saturated carbocycles. The molecule has 1 aromatic heterocycles. The Morgan fingerprint density at radius 2 is 1.71 bits per heavy atom. The number of benzene rings is 2. The number of nitrogens with zero attached hydrogens (tertiary/aromatic N) is 1. The molecular weight excluding hydrogens is 444 g/mol. The smallest absolute Gasteiger partial charge is 0.328 e. The van der Waals surface area contributed by atoms with Crippen molar-refractivity contribution in [3.8, 4) is 5.75 Å². The normalized spacial score (nSPS) is 11.8. The number of aromatic nitrogens is 1. The number of hydrogen-bond acceptors (Lipinski definition) is 5. The first-order valence-corrected chi connectivity index (χ1v) is 11.3. The molecule has 0 aliphatic rings. The lowest BCUT2D eigenvalue weighted by atomic mass is 10.1. The molecular formula is C28H30N2O5. The van der Waals surface area contributed by atoms with Crippen LogP contribution in [0.4, 0.5) is 0 Å². The Kier molecular flexibility index (Phi) is 8.62. The van der Waals surface area contributed by atoms with Gasteiger partial charge in [-0.25, -0.2) is 4.79 Å². The first-order valence-electron chi connectivity index (χ1n) is 11.3. The predicted molar refractivity (Wildman–Crippen MR) is 134 cm³/mol. The molecule has 0 spiro atoms. The number of methoxy groups -OCH3 is 1. The lowest BCUT2D eigenvalue weighted by Crippen LogP contribution is -2.39. The van der Waals surface area contributed by atoms with Gasteiger partial charge in [0.2, 0.25) is 11.7 Å². The standard InChI is InChI=1S/C28H30N2O5/c1-19-16-25(21(3)30(19)17-23-8-6-5-7-9-23)26(31)18-35-28(33)20(2)29-27(32)15-12-22-10-13-24(34-4)14-11-22/h5-16,20H,17-18H2,1-4H3,(H,29,32)/b15-12+/t20-/m0/s1. The number of Topliss-reactive ketones (excluding diaryl/α,β-unsaturated/α-hetero) is 1. The molecule has 182 valence electrons. The number of aryl methyl sites for hydroxylation is 1. The van der Waals surface area contributed by atoms with Gasteiger partial charge in [-0.2, -0.15) is 0 Å². The van der Waals surface area contributed by atoms with Crippen LogP contribution in [0, 0.1) is 13.8 Å². The number of esters is 1. The Bertz CT molecular complexity index is 1210. The minimum absolute atomic E-state index is 0.288. The number of nitrogens with one attached hydrogen (secondary N) is 1. The topological polar surface area (TPSA) is 86.6 Å². The first-order chi connectivity index (χ1) is 16.8. The monoisotopic (exact) mass is 474 g/mol. The van der Waals surface area contributed by atoms with Gasteiger partial charge in [0.15, 0.2) is 6.61 Å². The summed E-state index contributed by atoms with van der Waals surface area (Å²) in [6, 6.07) is 18.1. The predicted octanol–water partition coefficient (Wildman–Crippen LogP) is 4.11. The van der Waals surface area contributed by atoms with Crippen molar-refractivity contribution < 1.29 is 23.9 Å². The van der Waals surface area contributed by atoms with Crippen LogP contribution in [0.5, 0.6) is 5.75 Å². The molecule has 0 aliphatic carbocycles. The zero-order valence-corrected chi connectivity index (χ0v) is 20.4. The van der Waals surface area contributed by atoms with E-state index in [0.29, 0.717) is 12.1 Å². The van der Waals surface area contributed by atoms with Gasteiger partial charge in [-0.05, 0) is 56.2 Å². The van der Waals surface area contributed by atoms with E-state index < -0.39 is 24.5 Å². The van der Waals surface area contributed by atoms with Gasteiger partial charge in [0, 0.05) is 29.6 Å². The zero-order chi connectivity index (χ0) is 25.4. The van der Waals surface area contributed by atoms with E-state index in [-0.39, 0.29) is 5.78 Å². The van der Waals surface area contributed by atoms with E-state index in [1.807, 2.05) is 62.4 Å². The molecule has 0 unspecified atom stereocenters. The summed E-state index contributed by atoms with van der Waals surface area (Å²) in [6.45, 7) is 5.59. The van der Waals surface area contributed by atoms with Crippen molar-refractivity contribution in [2.24, 2.45) is 0 Å². The van der Waals surface area contributed by atoms with Crippen LogP contribution in [-0.2, 0) is 20.9 Å². The lowest BCUT2D eigenvalue weighted by Gasteiger charge is -2.12. The fourth-order valence-corrected chi connectivity index (χ4v) is 3.64. The van der Waals surface area contributed by atoms with Gasteiger partial charge in [-0.1, -0.05) is 42.5 Å². The van der Waals surface area contributed by atoms with Crippen LogP contribution in [0.25, 0.3) is 6.08 Å². The van der Waals surface area contributed by atoms with E-state index in [4.69, 9.17) is 9.47 Å². The summed E-state index contributed by atoms with van der Waals surface area (Å²) in [6.07, 6.45) is 2.96.